The molecule has 1 fully saturated rings. The fourth-order valence-electron chi connectivity index (χ4n) is 2.92. The highest BCUT2D eigenvalue weighted by Gasteiger charge is 2.26. The molecule has 1 N–H and O–H groups in total. The maximum absolute atomic E-state index is 12.8. The van der Waals surface area contributed by atoms with Crippen LogP contribution in [0.15, 0.2) is 30.6 Å². The first-order valence-electron chi connectivity index (χ1n) is 8.15. The number of halogens is 3. The monoisotopic (exact) mass is 382 g/mol. The predicted molar refractivity (Wildman–Crippen MR) is 92.6 cm³/mol. The minimum absolute atomic E-state index is 0.0553. The molecule has 2 aromatic rings. The van der Waals surface area contributed by atoms with Crippen molar-refractivity contribution in [2.45, 2.75) is 25.8 Å². The number of benzene rings is 1. The largest absolute Gasteiger partial charge is 0.352 e. The molecular weight excluding hydrogens is 366 g/mol. The average molecular weight is 383 g/mol. The number of nitrogens with zero attached hydrogens (tertiary/aromatic N) is 3. The topological polar surface area (TPSA) is 67.2 Å². The van der Waals surface area contributed by atoms with Crippen LogP contribution in [0.2, 0.25) is 5.02 Å². The number of anilines is 1. The summed E-state index contributed by atoms with van der Waals surface area (Å²) < 4.78 is 26.3. The maximum atomic E-state index is 12.8. The Labute approximate surface area is 153 Å². The third-order valence-electron chi connectivity index (χ3n) is 4.16. The molecule has 1 aliphatic rings. The second-order valence-corrected chi connectivity index (χ2v) is 6.28. The molecule has 1 aromatic carbocycles. The van der Waals surface area contributed by atoms with Gasteiger partial charge in [0.15, 0.2) is 0 Å². The number of carbonyl (C=O) groups is 2. The van der Waals surface area contributed by atoms with Crippen molar-refractivity contribution in [2.24, 2.45) is 0 Å². The van der Waals surface area contributed by atoms with Crippen LogP contribution in [0.25, 0.3) is 0 Å². The van der Waals surface area contributed by atoms with Gasteiger partial charge in [0.2, 0.25) is 5.91 Å². The number of imidazole rings is 1. The van der Waals surface area contributed by atoms with Crippen molar-refractivity contribution in [3.05, 3.63) is 47.0 Å². The number of hydrogen-bond acceptors (Lipinski definition) is 3. The van der Waals surface area contributed by atoms with E-state index in [9.17, 15) is 18.4 Å². The van der Waals surface area contributed by atoms with E-state index in [1.807, 2.05) is 0 Å². The van der Waals surface area contributed by atoms with Crippen LogP contribution >= 0.6 is 11.6 Å². The molecule has 0 bridgehead atoms. The number of nitrogens with one attached hydrogen (secondary N) is 1. The minimum atomic E-state index is -2.67. The summed E-state index contributed by atoms with van der Waals surface area (Å²) in [7, 11) is 0. The molecule has 6 nitrogen and oxygen atoms in total. The zero-order valence-corrected chi connectivity index (χ0v) is 14.5. The summed E-state index contributed by atoms with van der Waals surface area (Å²) in [5.74, 6) is -0.266. The molecule has 0 radical (unpaired) electrons. The molecule has 0 aliphatic carbocycles. The lowest BCUT2D eigenvalue weighted by Gasteiger charge is -2.19. The fourth-order valence-corrected chi connectivity index (χ4v) is 3.09. The first-order valence-corrected chi connectivity index (χ1v) is 8.53. The van der Waals surface area contributed by atoms with Crippen LogP contribution in [0.1, 0.15) is 35.6 Å². The number of hydrogen-bond donors (Lipinski definition) is 1. The van der Waals surface area contributed by atoms with Gasteiger partial charge < -0.3 is 10.2 Å². The molecule has 26 heavy (non-hydrogen) atoms. The van der Waals surface area contributed by atoms with Gasteiger partial charge in [-0.15, -0.1) is 0 Å². The minimum Gasteiger partial charge on any atom is -0.352 e. The Balaban J connectivity index is 1.70. The van der Waals surface area contributed by atoms with Gasteiger partial charge in [0.05, 0.1) is 11.3 Å². The van der Waals surface area contributed by atoms with Crippen LogP contribution in [0.5, 0.6) is 0 Å². The summed E-state index contributed by atoms with van der Waals surface area (Å²) in [4.78, 5) is 29.9. The summed E-state index contributed by atoms with van der Waals surface area (Å²) in [6, 6.07) is 4.71. The van der Waals surface area contributed by atoms with E-state index in [1.54, 1.807) is 23.1 Å². The average Bonchev–Trinajstić information content (AvgIpc) is 3.23. The highest BCUT2D eigenvalue weighted by Crippen LogP contribution is 2.28. The van der Waals surface area contributed by atoms with Crippen molar-refractivity contribution in [2.75, 3.05) is 18.0 Å². The smallest absolute Gasteiger partial charge is 0.319 e. The SMILES string of the molecule is O=C(NCCc1nccn1C(F)F)c1ccc(Cl)cc1N1CCCC1=O. The Hall–Kier alpha value is -2.48. The van der Waals surface area contributed by atoms with Gasteiger partial charge in [-0.25, -0.2) is 4.98 Å². The van der Waals surface area contributed by atoms with Gasteiger partial charge in [-0.05, 0) is 24.6 Å². The summed E-state index contributed by atoms with van der Waals surface area (Å²) in [6.07, 6.45) is 3.80. The number of carbonyl (C=O) groups excluding carboxylic acids is 2. The third-order valence-corrected chi connectivity index (χ3v) is 4.40. The van der Waals surface area contributed by atoms with E-state index >= 15 is 0 Å². The van der Waals surface area contributed by atoms with Crippen molar-refractivity contribution in [3.63, 3.8) is 0 Å². The van der Waals surface area contributed by atoms with Crippen LogP contribution in [-0.4, -0.2) is 34.5 Å². The summed E-state index contributed by atoms with van der Waals surface area (Å²) in [6.45, 7) is -2.00. The van der Waals surface area contributed by atoms with Crippen molar-refractivity contribution < 1.29 is 18.4 Å². The van der Waals surface area contributed by atoms with Crippen molar-refractivity contribution in [1.82, 2.24) is 14.9 Å². The maximum Gasteiger partial charge on any atom is 0.319 e. The predicted octanol–water partition coefficient (Wildman–Crippen LogP) is 3.03. The van der Waals surface area contributed by atoms with Crippen LogP contribution < -0.4 is 10.2 Å². The van der Waals surface area contributed by atoms with E-state index in [1.165, 1.54) is 12.4 Å². The van der Waals surface area contributed by atoms with E-state index in [0.717, 1.165) is 11.0 Å². The normalized spacial score (nSPS) is 14.3. The molecule has 2 heterocycles. The fraction of sp³-hybridized carbons (Fsp3) is 0.353. The summed E-state index contributed by atoms with van der Waals surface area (Å²) in [5.41, 5.74) is 0.786. The lowest BCUT2D eigenvalue weighted by atomic mass is 10.1. The highest BCUT2D eigenvalue weighted by molar-refractivity contribution is 6.31. The Bertz CT molecular complexity index is 825. The van der Waals surface area contributed by atoms with E-state index in [-0.39, 0.29) is 24.7 Å². The van der Waals surface area contributed by atoms with Gasteiger partial charge in [0, 0.05) is 43.3 Å². The van der Waals surface area contributed by atoms with Crippen molar-refractivity contribution in [3.8, 4) is 0 Å². The number of aromatic nitrogens is 2. The molecule has 1 saturated heterocycles. The van der Waals surface area contributed by atoms with Crippen LogP contribution in [0.4, 0.5) is 14.5 Å². The molecule has 0 saturated carbocycles. The zero-order valence-electron chi connectivity index (χ0n) is 13.8. The number of rotatable bonds is 6. The third kappa shape index (κ3) is 3.85. The van der Waals surface area contributed by atoms with Gasteiger partial charge in [0.1, 0.15) is 5.82 Å². The lowest BCUT2D eigenvalue weighted by molar-refractivity contribution is -0.117. The quantitative estimate of drug-likeness (QED) is 0.835. The number of amides is 2. The molecule has 2 amide bonds. The van der Waals surface area contributed by atoms with E-state index in [4.69, 9.17) is 11.6 Å². The summed E-state index contributed by atoms with van der Waals surface area (Å²) in [5, 5.41) is 3.11. The van der Waals surface area contributed by atoms with Crippen molar-refractivity contribution in [1.29, 1.82) is 0 Å². The Morgan fingerprint density at radius 3 is 2.88 bits per heavy atom. The van der Waals surface area contributed by atoms with Gasteiger partial charge >= 0.3 is 6.55 Å². The highest BCUT2D eigenvalue weighted by atomic mass is 35.5. The molecule has 0 atom stereocenters. The molecule has 3 rings (SSSR count). The molecule has 138 valence electrons. The first-order chi connectivity index (χ1) is 12.5. The summed E-state index contributed by atoms with van der Waals surface area (Å²) >= 11 is 6.01. The van der Waals surface area contributed by atoms with Crippen LogP contribution in [-0.2, 0) is 11.2 Å². The molecular formula is C17H17ClF2N4O2. The van der Waals surface area contributed by atoms with Crippen LogP contribution in [0.3, 0.4) is 0 Å². The molecule has 0 spiro atoms. The van der Waals surface area contributed by atoms with Gasteiger partial charge in [-0.1, -0.05) is 11.6 Å². The van der Waals surface area contributed by atoms with Gasteiger partial charge in [-0.3, -0.25) is 14.2 Å². The number of alkyl halides is 2. The standard InChI is InChI=1S/C17H17ClF2N4O2/c18-11-3-4-12(13(10-11)23-8-1-2-15(23)25)16(26)22-6-5-14-21-7-9-24(14)17(19)20/h3-4,7,9-10,17H,1-2,5-6,8H2,(H,22,26). The Morgan fingerprint density at radius 1 is 1.38 bits per heavy atom. The zero-order chi connectivity index (χ0) is 18.7. The molecule has 0 unspecified atom stereocenters. The van der Waals surface area contributed by atoms with Gasteiger partial charge in [-0.2, -0.15) is 8.78 Å². The molecule has 1 aliphatic heterocycles. The molecule has 9 heteroatoms. The van der Waals surface area contributed by atoms with E-state index < -0.39 is 12.5 Å². The van der Waals surface area contributed by atoms with Crippen molar-refractivity contribution >= 4 is 29.1 Å². The lowest BCUT2D eigenvalue weighted by Crippen LogP contribution is -2.31. The van der Waals surface area contributed by atoms with E-state index in [0.29, 0.717) is 29.2 Å². The Morgan fingerprint density at radius 2 is 2.19 bits per heavy atom. The second kappa shape index (κ2) is 7.82. The second-order valence-electron chi connectivity index (χ2n) is 5.84. The first kappa shape index (κ1) is 18.3. The molecule has 1 aromatic heterocycles. The van der Waals surface area contributed by atoms with Crippen LogP contribution in [0, 0.1) is 0 Å². The van der Waals surface area contributed by atoms with Gasteiger partial charge in [0.25, 0.3) is 5.91 Å². The van der Waals surface area contributed by atoms with E-state index in [2.05, 4.69) is 10.3 Å². The Kier molecular flexibility index (Phi) is 5.51.